The molecule has 0 unspecified atom stereocenters. The van der Waals surface area contributed by atoms with Gasteiger partial charge in [0.1, 0.15) is 16.5 Å². The molecule has 0 aliphatic heterocycles. The van der Waals surface area contributed by atoms with Crippen LogP contribution in [-0.2, 0) is 5.54 Å². The third-order valence-corrected chi connectivity index (χ3v) is 5.56. The lowest BCUT2D eigenvalue weighted by Gasteiger charge is -2.17. The molecule has 3 aromatic rings. The number of thiazole rings is 1. The Balaban J connectivity index is 0.00000210. The van der Waals surface area contributed by atoms with Gasteiger partial charge in [0, 0.05) is 10.9 Å². The fourth-order valence-corrected chi connectivity index (χ4v) is 3.98. The van der Waals surface area contributed by atoms with Crippen LogP contribution in [0.1, 0.15) is 44.9 Å². The summed E-state index contributed by atoms with van der Waals surface area (Å²) in [5, 5.41) is 6.95. The highest BCUT2D eigenvalue weighted by atomic mass is 35.5. The number of benzene rings is 1. The van der Waals surface area contributed by atoms with Gasteiger partial charge in [-0.25, -0.2) is 4.98 Å². The molecular weight excluding hydrogens is 384 g/mol. The summed E-state index contributed by atoms with van der Waals surface area (Å²) in [7, 11) is 0. The molecule has 2 aromatic heterocycles. The SMILES string of the molecule is CCCOc1ccc(-c2nc(-c3nc(C4(N)CCCC4)no3)cs2)cc1.Cl. The first-order chi connectivity index (χ1) is 12.7. The Morgan fingerprint density at radius 3 is 2.63 bits per heavy atom. The number of halogens is 1. The second kappa shape index (κ2) is 8.37. The predicted molar refractivity (Wildman–Crippen MR) is 108 cm³/mol. The van der Waals surface area contributed by atoms with Crippen LogP contribution in [0.2, 0.25) is 0 Å². The molecule has 0 amide bonds. The van der Waals surface area contributed by atoms with Crippen LogP contribution in [0.3, 0.4) is 0 Å². The van der Waals surface area contributed by atoms with E-state index in [-0.39, 0.29) is 12.4 Å². The molecule has 1 aromatic carbocycles. The Bertz CT molecular complexity index is 872. The van der Waals surface area contributed by atoms with Crippen LogP contribution in [0.25, 0.3) is 22.2 Å². The molecule has 1 saturated carbocycles. The summed E-state index contributed by atoms with van der Waals surface area (Å²) in [6.45, 7) is 2.82. The summed E-state index contributed by atoms with van der Waals surface area (Å²) in [6.07, 6.45) is 5.02. The topological polar surface area (TPSA) is 87.1 Å². The van der Waals surface area contributed by atoms with Gasteiger partial charge in [0.15, 0.2) is 5.82 Å². The molecule has 144 valence electrons. The molecule has 8 heteroatoms. The van der Waals surface area contributed by atoms with Crippen LogP contribution in [-0.4, -0.2) is 21.7 Å². The van der Waals surface area contributed by atoms with E-state index in [1.807, 2.05) is 29.6 Å². The lowest BCUT2D eigenvalue weighted by atomic mass is 9.99. The van der Waals surface area contributed by atoms with E-state index in [2.05, 4.69) is 22.0 Å². The Morgan fingerprint density at radius 1 is 1.19 bits per heavy atom. The van der Waals surface area contributed by atoms with E-state index < -0.39 is 5.54 Å². The molecule has 1 fully saturated rings. The molecule has 2 N–H and O–H groups in total. The molecule has 1 aliphatic carbocycles. The normalized spacial score (nSPS) is 15.5. The molecule has 0 bridgehead atoms. The molecule has 6 nitrogen and oxygen atoms in total. The van der Waals surface area contributed by atoms with E-state index in [4.69, 9.17) is 15.0 Å². The minimum Gasteiger partial charge on any atom is -0.494 e. The summed E-state index contributed by atoms with van der Waals surface area (Å²) in [5.41, 5.74) is 7.68. The van der Waals surface area contributed by atoms with Crippen molar-refractivity contribution in [3.8, 4) is 27.9 Å². The maximum absolute atomic E-state index is 6.40. The minimum atomic E-state index is -0.449. The largest absolute Gasteiger partial charge is 0.494 e. The van der Waals surface area contributed by atoms with E-state index in [1.165, 1.54) is 0 Å². The second-order valence-electron chi connectivity index (χ2n) is 6.70. The number of rotatable bonds is 6. The number of nitrogens with zero attached hydrogens (tertiary/aromatic N) is 3. The maximum atomic E-state index is 6.40. The highest BCUT2D eigenvalue weighted by Gasteiger charge is 2.36. The van der Waals surface area contributed by atoms with E-state index in [0.717, 1.165) is 55.0 Å². The molecule has 0 saturated heterocycles. The van der Waals surface area contributed by atoms with Gasteiger partial charge in [0.25, 0.3) is 5.89 Å². The zero-order chi connectivity index (χ0) is 18.0. The number of nitrogens with two attached hydrogens (primary N) is 1. The monoisotopic (exact) mass is 406 g/mol. The predicted octanol–water partition coefficient (Wildman–Crippen LogP) is 4.80. The third-order valence-electron chi connectivity index (χ3n) is 4.66. The first-order valence-electron chi connectivity index (χ1n) is 9.00. The Labute approximate surface area is 168 Å². The molecule has 1 aliphatic rings. The summed E-state index contributed by atoms with van der Waals surface area (Å²) in [4.78, 5) is 9.16. The Hall–Kier alpha value is -1.96. The highest BCUT2D eigenvalue weighted by Crippen LogP contribution is 2.36. The van der Waals surface area contributed by atoms with Crippen molar-refractivity contribution in [1.82, 2.24) is 15.1 Å². The summed E-state index contributed by atoms with van der Waals surface area (Å²) < 4.78 is 11.0. The van der Waals surface area contributed by atoms with Crippen LogP contribution in [0.5, 0.6) is 5.75 Å². The van der Waals surface area contributed by atoms with Crippen molar-refractivity contribution in [2.75, 3.05) is 6.61 Å². The first-order valence-corrected chi connectivity index (χ1v) is 9.88. The summed E-state index contributed by atoms with van der Waals surface area (Å²) in [5.74, 6) is 1.90. The second-order valence-corrected chi connectivity index (χ2v) is 7.56. The zero-order valence-electron chi connectivity index (χ0n) is 15.2. The maximum Gasteiger partial charge on any atom is 0.277 e. The standard InChI is InChI=1S/C19H22N4O2S.ClH/c1-2-11-24-14-7-5-13(6-8-14)17-21-15(12-26-17)16-22-18(23-25-16)19(20)9-3-4-10-19;/h5-8,12H,2-4,9-11,20H2,1H3;1H. The van der Waals surface area contributed by atoms with Crippen LogP contribution in [0.15, 0.2) is 34.2 Å². The van der Waals surface area contributed by atoms with Crippen LogP contribution in [0, 0.1) is 0 Å². The molecule has 0 radical (unpaired) electrons. The smallest absolute Gasteiger partial charge is 0.277 e. The number of hydrogen-bond acceptors (Lipinski definition) is 7. The molecular formula is C19H23ClN4O2S. The zero-order valence-corrected chi connectivity index (χ0v) is 16.8. The molecule has 0 spiro atoms. The quantitative estimate of drug-likeness (QED) is 0.632. The minimum absolute atomic E-state index is 0. The number of hydrogen-bond donors (Lipinski definition) is 1. The highest BCUT2D eigenvalue weighted by molar-refractivity contribution is 7.13. The number of ether oxygens (including phenoxy) is 1. The van der Waals surface area contributed by atoms with Gasteiger partial charge in [-0.3, -0.25) is 0 Å². The van der Waals surface area contributed by atoms with Gasteiger partial charge in [-0.1, -0.05) is 24.9 Å². The third kappa shape index (κ3) is 4.15. The van der Waals surface area contributed by atoms with E-state index in [1.54, 1.807) is 11.3 Å². The lowest BCUT2D eigenvalue weighted by Crippen LogP contribution is -2.34. The molecule has 0 atom stereocenters. The fourth-order valence-electron chi connectivity index (χ4n) is 3.18. The van der Waals surface area contributed by atoms with E-state index >= 15 is 0 Å². The average molecular weight is 407 g/mol. The molecule has 4 rings (SSSR count). The first kappa shape index (κ1) is 19.8. The summed E-state index contributed by atoms with van der Waals surface area (Å²) >= 11 is 1.55. The Morgan fingerprint density at radius 2 is 1.93 bits per heavy atom. The van der Waals surface area contributed by atoms with E-state index in [0.29, 0.717) is 17.4 Å². The molecule has 2 heterocycles. The van der Waals surface area contributed by atoms with Gasteiger partial charge in [-0.15, -0.1) is 23.7 Å². The van der Waals surface area contributed by atoms with Crippen molar-refractivity contribution < 1.29 is 9.26 Å². The van der Waals surface area contributed by atoms with Crippen LogP contribution in [0.4, 0.5) is 0 Å². The van der Waals surface area contributed by atoms with Crippen molar-refractivity contribution >= 4 is 23.7 Å². The number of aromatic nitrogens is 3. The van der Waals surface area contributed by atoms with Crippen LogP contribution < -0.4 is 10.5 Å². The van der Waals surface area contributed by atoms with Crippen molar-refractivity contribution in [1.29, 1.82) is 0 Å². The van der Waals surface area contributed by atoms with E-state index in [9.17, 15) is 0 Å². The molecule has 27 heavy (non-hydrogen) atoms. The van der Waals surface area contributed by atoms with Crippen molar-refractivity contribution in [2.45, 2.75) is 44.6 Å². The van der Waals surface area contributed by atoms with Crippen molar-refractivity contribution in [3.05, 3.63) is 35.5 Å². The van der Waals surface area contributed by atoms with Crippen molar-refractivity contribution in [2.24, 2.45) is 5.73 Å². The Kier molecular flexibility index (Phi) is 6.14. The van der Waals surface area contributed by atoms with Gasteiger partial charge in [0.05, 0.1) is 12.1 Å². The average Bonchev–Trinajstić information content (AvgIpc) is 3.40. The van der Waals surface area contributed by atoms with Gasteiger partial charge in [0.2, 0.25) is 0 Å². The van der Waals surface area contributed by atoms with Gasteiger partial charge in [-0.05, 0) is 43.5 Å². The van der Waals surface area contributed by atoms with Gasteiger partial charge < -0.3 is 15.0 Å². The fraction of sp³-hybridized carbons (Fsp3) is 0.421. The van der Waals surface area contributed by atoms with Crippen LogP contribution >= 0.6 is 23.7 Å². The summed E-state index contributed by atoms with van der Waals surface area (Å²) in [6, 6.07) is 7.96. The van der Waals surface area contributed by atoms with Crippen molar-refractivity contribution in [3.63, 3.8) is 0 Å². The van der Waals surface area contributed by atoms with Gasteiger partial charge in [-0.2, -0.15) is 4.98 Å². The van der Waals surface area contributed by atoms with Gasteiger partial charge >= 0.3 is 0 Å². The lowest BCUT2D eigenvalue weighted by molar-refractivity contribution is 0.317.